The van der Waals surface area contributed by atoms with Gasteiger partial charge in [0.05, 0.1) is 5.56 Å². The minimum Gasteiger partial charge on any atom is -0.508 e. The number of likely N-dealkylation sites (tertiary alicyclic amines) is 1. The second kappa shape index (κ2) is 7.45. The van der Waals surface area contributed by atoms with Gasteiger partial charge in [0, 0.05) is 19.2 Å². The molecule has 0 aliphatic carbocycles. The monoisotopic (exact) mass is 367 g/mol. The number of alkyl halides is 3. The lowest BCUT2D eigenvalue weighted by molar-refractivity contribution is -0.137. The van der Waals surface area contributed by atoms with Crippen molar-refractivity contribution in [2.75, 3.05) is 19.8 Å². The molecule has 0 aromatic heterocycles. The Morgan fingerprint density at radius 3 is 2.42 bits per heavy atom. The number of phenols is 2. The van der Waals surface area contributed by atoms with Crippen LogP contribution in [-0.4, -0.2) is 34.9 Å². The summed E-state index contributed by atoms with van der Waals surface area (Å²) in [5, 5.41) is 19.0. The molecule has 7 heteroatoms. The SMILES string of the molecule is Oc1ccc(OCN2CCC(c3cccc(C(F)(F)F)c3)CC2)c(O)c1. The topological polar surface area (TPSA) is 52.9 Å². The molecule has 0 unspecified atom stereocenters. The summed E-state index contributed by atoms with van der Waals surface area (Å²) in [7, 11) is 0. The number of benzene rings is 2. The maximum absolute atomic E-state index is 12.9. The molecule has 0 atom stereocenters. The fourth-order valence-electron chi connectivity index (χ4n) is 3.15. The summed E-state index contributed by atoms with van der Waals surface area (Å²) < 4.78 is 44.1. The van der Waals surface area contributed by atoms with Gasteiger partial charge in [-0.15, -0.1) is 0 Å². The molecule has 140 valence electrons. The van der Waals surface area contributed by atoms with Crippen molar-refractivity contribution in [1.82, 2.24) is 4.90 Å². The Bertz CT molecular complexity index is 756. The van der Waals surface area contributed by atoms with Crippen LogP contribution in [0.1, 0.15) is 29.9 Å². The summed E-state index contributed by atoms with van der Waals surface area (Å²) in [6.07, 6.45) is -2.84. The molecular formula is C19H20F3NO3. The van der Waals surface area contributed by atoms with E-state index in [0.29, 0.717) is 13.1 Å². The molecule has 1 fully saturated rings. The fraction of sp³-hybridized carbons (Fsp3) is 0.368. The van der Waals surface area contributed by atoms with Gasteiger partial charge in [-0.3, -0.25) is 4.90 Å². The summed E-state index contributed by atoms with van der Waals surface area (Å²) in [6, 6.07) is 9.66. The minimum absolute atomic E-state index is 0.0447. The zero-order chi connectivity index (χ0) is 18.7. The maximum atomic E-state index is 12.9. The summed E-state index contributed by atoms with van der Waals surface area (Å²) in [4.78, 5) is 2.04. The molecule has 0 amide bonds. The molecule has 2 aromatic carbocycles. The summed E-state index contributed by atoms with van der Waals surface area (Å²) >= 11 is 0. The highest BCUT2D eigenvalue weighted by Gasteiger charge is 2.31. The van der Waals surface area contributed by atoms with Gasteiger partial charge in [-0.1, -0.05) is 18.2 Å². The second-order valence-electron chi connectivity index (χ2n) is 6.44. The number of rotatable bonds is 4. The van der Waals surface area contributed by atoms with Crippen LogP contribution in [0.5, 0.6) is 17.2 Å². The molecule has 0 saturated carbocycles. The molecular weight excluding hydrogens is 347 g/mol. The van der Waals surface area contributed by atoms with Gasteiger partial charge in [-0.2, -0.15) is 13.2 Å². The first-order valence-corrected chi connectivity index (χ1v) is 8.37. The number of hydrogen-bond acceptors (Lipinski definition) is 4. The number of phenolic OH excluding ortho intramolecular Hbond substituents is 2. The van der Waals surface area contributed by atoms with Crippen molar-refractivity contribution < 1.29 is 28.1 Å². The van der Waals surface area contributed by atoms with E-state index in [9.17, 15) is 23.4 Å². The number of halogens is 3. The first-order chi connectivity index (χ1) is 12.3. The van der Waals surface area contributed by atoms with Crippen molar-refractivity contribution in [3.05, 3.63) is 53.6 Å². The first-order valence-electron chi connectivity index (χ1n) is 8.37. The molecule has 0 spiro atoms. The Kier molecular flexibility index (Phi) is 5.27. The molecule has 3 rings (SSSR count). The Labute approximate surface area is 149 Å². The zero-order valence-electron chi connectivity index (χ0n) is 14.0. The third kappa shape index (κ3) is 4.40. The second-order valence-corrected chi connectivity index (χ2v) is 6.44. The Hall–Kier alpha value is -2.41. The molecule has 1 saturated heterocycles. The molecule has 0 bridgehead atoms. The van der Waals surface area contributed by atoms with Crippen LogP contribution in [0.15, 0.2) is 42.5 Å². The molecule has 26 heavy (non-hydrogen) atoms. The van der Waals surface area contributed by atoms with E-state index in [1.54, 1.807) is 6.07 Å². The Morgan fingerprint density at radius 1 is 1.04 bits per heavy atom. The van der Waals surface area contributed by atoms with Crippen LogP contribution in [-0.2, 0) is 6.18 Å². The molecule has 2 N–H and O–H groups in total. The summed E-state index contributed by atoms with van der Waals surface area (Å²) in [5.41, 5.74) is 0.111. The molecule has 1 heterocycles. The highest BCUT2D eigenvalue weighted by molar-refractivity contribution is 5.43. The molecule has 1 aliphatic rings. The summed E-state index contributed by atoms with van der Waals surface area (Å²) in [6.45, 7) is 1.66. The van der Waals surface area contributed by atoms with Crippen LogP contribution in [0.3, 0.4) is 0 Å². The minimum atomic E-state index is -4.32. The third-order valence-electron chi connectivity index (χ3n) is 4.62. The van der Waals surface area contributed by atoms with Gasteiger partial charge < -0.3 is 14.9 Å². The van der Waals surface area contributed by atoms with Gasteiger partial charge in [0.15, 0.2) is 11.5 Å². The van der Waals surface area contributed by atoms with E-state index in [-0.39, 0.29) is 29.9 Å². The molecule has 2 aromatic rings. The predicted octanol–water partition coefficient (Wildman–Crippen LogP) is 4.33. The van der Waals surface area contributed by atoms with Gasteiger partial charge in [0.25, 0.3) is 0 Å². The van der Waals surface area contributed by atoms with Crippen LogP contribution in [0.25, 0.3) is 0 Å². The number of ether oxygens (including phenoxy) is 1. The van der Waals surface area contributed by atoms with E-state index in [1.165, 1.54) is 30.3 Å². The average molecular weight is 367 g/mol. The molecule has 4 nitrogen and oxygen atoms in total. The van der Waals surface area contributed by atoms with Crippen LogP contribution in [0.2, 0.25) is 0 Å². The van der Waals surface area contributed by atoms with Crippen LogP contribution < -0.4 is 4.74 Å². The zero-order valence-corrected chi connectivity index (χ0v) is 14.0. The summed E-state index contributed by atoms with van der Waals surface area (Å²) in [5.74, 6) is 0.194. The van der Waals surface area contributed by atoms with Crippen molar-refractivity contribution in [1.29, 1.82) is 0 Å². The van der Waals surface area contributed by atoms with Crippen LogP contribution in [0.4, 0.5) is 13.2 Å². The quantitative estimate of drug-likeness (QED) is 0.845. The Morgan fingerprint density at radius 2 is 1.77 bits per heavy atom. The average Bonchev–Trinajstić information content (AvgIpc) is 2.61. The van der Waals surface area contributed by atoms with Crippen molar-refractivity contribution in [2.24, 2.45) is 0 Å². The molecule has 1 aliphatic heterocycles. The van der Waals surface area contributed by atoms with E-state index >= 15 is 0 Å². The fourth-order valence-corrected chi connectivity index (χ4v) is 3.15. The molecule has 0 radical (unpaired) electrons. The number of aromatic hydroxyl groups is 2. The van der Waals surface area contributed by atoms with Crippen molar-refractivity contribution in [3.63, 3.8) is 0 Å². The van der Waals surface area contributed by atoms with Gasteiger partial charge in [-0.25, -0.2) is 0 Å². The van der Waals surface area contributed by atoms with Crippen molar-refractivity contribution >= 4 is 0 Å². The predicted molar refractivity (Wildman–Crippen MR) is 90.3 cm³/mol. The highest BCUT2D eigenvalue weighted by Crippen LogP contribution is 2.34. The smallest absolute Gasteiger partial charge is 0.416 e. The van der Waals surface area contributed by atoms with Crippen LogP contribution >= 0.6 is 0 Å². The number of nitrogens with zero attached hydrogens (tertiary/aromatic N) is 1. The Balaban J connectivity index is 1.54. The lowest BCUT2D eigenvalue weighted by Gasteiger charge is -2.32. The van der Waals surface area contributed by atoms with Gasteiger partial charge in [-0.05, 0) is 42.5 Å². The van der Waals surface area contributed by atoms with Crippen molar-refractivity contribution in [2.45, 2.75) is 24.9 Å². The maximum Gasteiger partial charge on any atom is 0.416 e. The van der Waals surface area contributed by atoms with Crippen LogP contribution in [0, 0.1) is 0 Å². The lowest BCUT2D eigenvalue weighted by atomic mass is 9.89. The number of hydrogen-bond donors (Lipinski definition) is 2. The van der Waals surface area contributed by atoms with Crippen molar-refractivity contribution in [3.8, 4) is 17.2 Å². The standard InChI is InChI=1S/C19H20F3NO3/c20-19(21,22)15-3-1-2-14(10-15)13-6-8-23(9-7-13)12-26-18-5-4-16(24)11-17(18)25/h1-5,10-11,13,24-25H,6-9,12H2. The normalized spacial score (nSPS) is 16.6. The van der Waals surface area contributed by atoms with Gasteiger partial charge in [0.2, 0.25) is 0 Å². The lowest BCUT2D eigenvalue weighted by Crippen LogP contribution is -2.35. The van der Waals surface area contributed by atoms with E-state index < -0.39 is 11.7 Å². The van der Waals surface area contributed by atoms with Gasteiger partial charge >= 0.3 is 6.18 Å². The van der Waals surface area contributed by atoms with E-state index in [2.05, 4.69) is 0 Å². The van der Waals surface area contributed by atoms with E-state index in [0.717, 1.165) is 24.5 Å². The number of piperidine rings is 1. The van der Waals surface area contributed by atoms with Gasteiger partial charge in [0.1, 0.15) is 12.5 Å². The van der Waals surface area contributed by atoms with E-state index in [4.69, 9.17) is 4.74 Å². The third-order valence-corrected chi connectivity index (χ3v) is 4.62. The largest absolute Gasteiger partial charge is 0.508 e. The first kappa shape index (κ1) is 18.4. The highest BCUT2D eigenvalue weighted by atomic mass is 19.4. The van der Waals surface area contributed by atoms with E-state index in [1.807, 2.05) is 4.90 Å².